The first kappa shape index (κ1) is 43.5. The van der Waals surface area contributed by atoms with E-state index in [0.29, 0.717) is 50.6 Å². The lowest BCUT2D eigenvalue weighted by Gasteiger charge is -2.42. The van der Waals surface area contributed by atoms with Crippen LogP contribution in [-0.2, 0) is 32.5 Å². The van der Waals surface area contributed by atoms with E-state index in [1.54, 1.807) is 29.0 Å². The summed E-state index contributed by atoms with van der Waals surface area (Å²) in [5.74, 6) is 0.935. The van der Waals surface area contributed by atoms with Gasteiger partial charge in [0.05, 0.1) is 40.6 Å². The first-order valence-corrected chi connectivity index (χ1v) is 29.4. The van der Waals surface area contributed by atoms with Gasteiger partial charge in [0, 0.05) is 50.9 Å². The minimum absolute atomic E-state index is 0.0404. The normalized spacial score (nSPS) is 17.2. The number of fused-ring (bicyclic) bond motifs is 5. The van der Waals surface area contributed by atoms with Crippen LogP contribution >= 0.6 is 0 Å². The Kier molecular flexibility index (Phi) is 10.4. The highest BCUT2D eigenvalue weighted by Gasteiger charge is 2.42. The molecule has 5 nitrogen and oxygen atoms in total. The van der Waals surface area contributed by atoms with Crippen LogP contribution < -0.4 is 13.9 Å². The number of hydrogen-bond acceptors (Lipinski definition) is 2. The molecule has 0 amide bonds. The molecule has 1 aliphatic heterocycles. The quantitative estimate of drug-likeness (QED) is 0.142. The van der Waals surface area contributed by atoms with E-state index in [4.69, 9.17) is 20.7 Å². The number of pyridine rings is 1. The van der Waals surface area contributed by atoms with Crippen molar-refractivity contribution in [3.8, 4) is 50.7 Å². The maximum absolute atomic E-state index is 9.57. The summed E-state index contributed by atoms with van der Waals surface area (Å²) in [6.45, 7) is 32.2. The third-order valence-electron chi connectivity index (χ3n) is 17.4. The summed E-state index contributed by atoms with van der Waals surface area (Å²) < 4.78 is 122. The molecule has 0 unspecified atom stereocenters. The lowest BCUT2D eigenvalue weighted by molar-refractivity contribution is 0.332. The smallest absolute Gasteiger partial charge is 0.457 e. The molecule has 0 fully saturated rings. The van der Waals surface area contributed by atoms with Gasteiger partial charge in [-0.2, -0.15) is 0 Å². The van der Waals surface area contributed by atoms with Crippen LogP contribution in [-0.4, -0.2) is 15.6 Å². The van der Waals surface area contributed by atoms with E-state index in [9.17, 15) is 5.48 Å². The van der Waals surface area contributed by atoms with Gasteiger partial charge in [-0.15, -0.1) is 0 Å². The number of aryl methyl sites for hydroxylation is 1. The van der Waals surface area contributed by atoms with E-state index >= 15 is 0 Å². The number of benzene rings is 8. The third kappa shape index (κ3) is 10.2. The van der Waals surface area contributed by atoms with Gasteiger partial charge in [-0.25, -0.2) is 4.98 Å². The monoisotopic (exact) mass is 1120 g/mol. The molecule has 0 saturated carbocycles. The van der Waals surface area contributed by atoms with Crippen molar-refractivity contribution in [2.45, 2.75) is 163 Å². The van der Waals surface area contributed by atoms with Crippen molar-refractivity contribution in [1.29, 1.82) is 0 Å². The molecule has 424 valence electrons. The Bertz CT molecular complexity index is 4970. The number of ether oxygens (including phenoxy) is 1. The Morgan fingerprint density at radius 1 is 0.512 bits per heavy atom. The Morgan fingerprint density at radius 3 is 1.76 bits per heavy atom. The molecule has 0 spiro atoms. The molecule has 0 saturated heterocycles. The molecule has 3 heterocycles. The molecule has 2 aromatic heterocycles. The number of nitrogens with zero attached hydrogens (tertiary/aromatic N) is 4. The second-order valence-corrected chi connectivity index (χ2v) is 28.7. The van der Waals surface area contributed by atoms with E-state index in [1.165, 1.54) is 17.2 Å². The minimum Gasteiger partial charge on any atom is -0.457 e. The van der Waals surface area contributed by atoms with Crippen molar-refractivity contribution in [2.24, 2.45) is 0 Å². The van der Waals surface area contributed by atoms with Gasteiger partial charge in [-0.3, -0.25) is 4.57 Å². The Balaban J connectivity index is 1.09. The highest BCUT2D eigenvalue weighted by molar-refractivity contribution is 6.09. The van der Waals surface area contributed by atoms with E-state index < -0.39 is 47.9 Å². The van der Waals surface area contributed by atoms with E-state index in [2.05, 4.69) is 159 Å². The number of para-hydroxylation sites is 3. The van der Waals surface area contributed by atoms with Crippen molar-refractivity contribution in [3.63, 3.8) is 0 Å². The number of rotatable bonds is 8. The van der Waals surface area contributed by atoms with Gasteiger partial charge in [0.15, 0.2) is 0 Å². The van der Waals surface area contributed by atoms with E-state index in [1.807, 2.05) is 57.7 Å². The molecule has 12 rings (SSSR count). The molecular weight excluding hydrogens is 1020 g/mol. The fraction of sp³-hybridized carbons (Fsp3) is 0.316. The predicted molar refractivity (Wildman–Crippen MR) is 357 cm³/mol. The molecule has 84 heavy (non-hydrogen) atoms. The standard InChI is InChI=1S/C79H84N4O/c1-50-37-72(80-48-65(50)52-31-34-66-67(40-52)79(16,17)36-35-78(66,14)15)83-68-28-22-21-27-61(68)62-33-32-59(47-71(62)83)84-60-43-56(76(8,9)10)42-58(46-60)81-49-82(70-30-24-23-29-69(70)81)73-63(51-25-19-18-20-26-51)44-57(77(11,12)13)45-64(73)53-38-54(74(2,3)4)41-55(39-53)75(5,6)7/h18-34,37-48H,35-36H2,1-17H3/q+2/i1D3,18D,19D,20D,21D,22D,25D,26D,27D,28D. The van der Waals surface area contributed by atoms with Gasteiger partial charge in [0.25, 0.3) is 11.4 Å². The van der Waals surface area contributed by atoms with Crippen molar-refractivity contribution >= 4 is 50.6 Å². The van der Waals surface area contributed by atoms with Crippen LogP contribution in [0.4, 0.5) is 22.7 Å². The van der Waals surface area contributed by atoms with E-state index in [0.717, 1.165) is 57.5 Å². The van der Waals surface area contributed by atoms with Crippen molar-refractivity contribution in [1.82, 2.24) is 18.7 Å². The first-order valence-electron chi connectivity index (χ1n) is 35.4. The van der Waals surface area contributed by atoms with Crippen LogP contribution in [0, 0.1) is 6.85 Å². The van der Waals surface area contributed by atoms with Gasteiger partial charge in [0.2, 0.25) is 11.4 Å². The zero-order valence-corrected chi connectivity index (χ0v) is 51.7. The third-order valence-corrected chi connectivity index (χ3v) is 17.4. The van der Waals surface area contributed by atoms with E-state index in [-0.39, 0.29) is 73.7 Å². The van der Waals surface area contributed by atoms with Gasteiger partial charge in [0.1, 0.15) is 17.3 Å². The summed E-state index contributed by atoms with van der Waals surface area (Å²) in [5.41, 5.74) is 11.4. The number of aromatic nitrogens is 2. The Labute approximate surface area is 516 Å². The van der Waals surface area contributed by atoms with Gasteiger partial charge >= 0.3 is 6.01 Å². The van der Waals surface area contributed by atoms with Crippen LogP contribution in [0.25, 0.3) is 61.0 Å². The van der Waals surface area contributed by atoms with Crippen molar-refractivity contribution < 1.29 is 21.2 Å². The zero-order valence-electron chi connectivity index (χ0n) is 63.7. The maximum atomic E-state index is 9.57. The van der Waals surface area contributed by atoms with Crippen LogP contribution in [0.3, 0.4) is 0 Å². The van der Waals surface area contributed by atoms with Gasteiger partial charge in [-0.05, 0) is 159 Å². The molecule has 10 aromatic rings. The average molecular weight is 1120 g/mol. The maximum Gasteiger partial charge on any atom is 0.503 e. The van der Waals surface area contributed by atoms with Crippen LogP contribution in [0.2, 0.25) is 0 Å². The molecule has 0 radical (unpaired) electrons. The molecule has 0 N–H and O–H groups in total. The lowest BCUT2D eigenvalue weighted by Crippen LogP contribution is -2.33. The summed E-state index contributed by atoms with van der Waals surface area (Å²) in [6, 6.07) is 38.1. The lowest BCUT2D eigenvalue weighted by atomic mass is 9.63. The van der Waals surface area contributed by atoms with Crippen molar-refractivity contribution in [2.75, 3.05) is 0 Å². The molecular formula is C79H84N4O+2. The zero-order chi connectivity index (χ0) is 70.0. The molecule has 2 aliphatic rings. The molecule has 0 atom stereocenters. The second kappa shape index (κ2) is 20.0. The van der Waals surface area contributed by atoms with Crippen LogP contribution in [0.5, 0.6) is 11.5 Å². The van der Waals surface area contributed by atoms with Gasteiger partial charge < -0.3 is 4.74 Å². The highest BCUT2D eigenvalue weighted by Crippen LogP contribution is 2.50. The van der Waals surface area contributed by atoms with Crippen LogP contribution in [0.15, 0.2) is 176 Å². The van der Waals surface area contributed by atoms with Crippen LogP contribution in [0.1, 0.15) is 179 Å². The Morgan fingerprint density at radius 2 is 1.11 bits per heavy atom. The van der Waals surface area contributed by atoms with Crippen molar-refractivity contribution in [3.05, 3.63) is 215 Å². The SMILES string of the molecule is [2H]c1c([2H])c([2H])c(-c2cc(C(C)(C)C)cc(-c3cc(C(C)(C)C)cc(C(C)(C)C)c3)c2[N+]2=C=[N+](c3cc(Oc4ccc5c6c([2H])c([2H])c([2H])c([2H])c6n(-c6cc(C([2H])([2H])[2H])c(-c7ccc8c(c7)C(C)(C)CCC8(C)C)cn6)c5c4)cc(C(C)(C)C)c3)c3ccccc32)c([2H])c1[2H]. The average Bonchev–Trinajstić information content (AvgIpc) is 1.66. The molecule has 1 aliphatic carbocycles. The molecule has 8 aromatic carbocycles. The number of hydrogen-bond donors (Lipinski definition) is 0. The predicted octanol–water partition coefficient (Wildman–Crippen LogP) is 21.7. The summed E-state index contributed by atoms with van der Waals surface area (Å²) in [7, 11) is 0. The fourth-order valence-corrected chi connectivity index (χ4v) is 12.1. The molecule has 0 bridgehead atoms. The summed E-state index contributed by atoms with van der Waals surface area (Å²) in [6.07, 6.45) is 3.56. The fourth-order valence-electron chi connectivity index (χ4n) is 12.1. The van der Waals surface area contributed by atoms with Gasteiger partial charge in [-0.1, -0.05) is 208 Å². The largest absolute Gasteiger partial charge is 0.503 e. The second-order valence-electron chi connectivity index (χ2n) is 28.7. The summed E-state index contributed by atoms with van der Waals surface area (Å²) >= 11 is 0. The topological polar surface area (TPSA) is 33.1 Å². The Hall–Kier alpha value is -8.11. The molecule has 5 heteroatoms. The highest BCUT2D eigenvalue weighted by atomic mass is 16.5. The summed E-state index contributed by atoms with van der Waals surface area (Å²) in [5, 5.41) is 0.719. The minimum atomic E-state index is -2.62. The first-order chi connectivity index (χ1) is 44.5. The summed E-state index contributed by atoms with van der Waals surface area (Å²) in [4.78, 5) is 4.99.